The Labute approximate surface area is 154 Å². The van der Waals surface area contributed by atoms with Gasteiger partial charge in [0.2, 0.25) is 0 Å². The summed E-state index contributed by atoms with van der Waals surface area (Å²) in [6, 6.07) is 10.1. The van der Waals surface area contributed by atoms with Crippen molar-refractivity contribution in [2.24, 2.45) is 11.8 Å². The molecule has 0 unspecified atom stereocenters. The lowest BCUT2D eigenvalue weighted by Gasteiger charge is -2.18. The fraction of sp³-hybridized carbons (Fsp3) is 0.474. The SMILES string of the molecule is Cc1cc(C)n(Cc2cccc(C(=O)N3C[C@H]4CNC[C@H]4C3)c2)n1.Cl. The van der Waals surface area contributed by atoms with E-state index in [1.165, 1.54) is 0 Å². The van der Waals surface area contributed by atoms with Gasteiger partial charge in [0, 0.05) is 37.4 Å². The first-order valence-electron chi connectivity index (χ1n) is 8.70. The summed E-state index contributed by atoms with van der Waals surface area (Å²) in [5.74, 6) is 1.43. The second-order valence-corrected chi connectivity index (χ2v) is 7.17. The van der Waals surface area contributed by atoms with Crippen molar-refractivity contribution in [3.8, 4) is 0 Å². The van der Waals surface area contributed by atoms with Gasteiger partial charge in [0.1, 0.15) is 0 Å². The number of carbonyl (C=O) groups excluding carboxylic acids is 1. The van der Waals surface area contributed by atoms with Crippen molar-refractivity contribution in [1.82, 2.24) is 20.0 Å². The van der Waals surface area contributed by atoms with Gasteiger partial charge in [-0.1, -0.05) is 12.1 Å². The highest BCUT2D eigenvalue weighted by Crippen LogP contribution is 2.27. The molecule has 5 nitrogen and oxygen atoms in total. The first-order valence-corrected chi connectivity index (χ1v) is 8.70. The van der Waals surface area contributed by atoms with Crippen LogP contribution in [0, 0.1) is 25.7 Å². The zero-order chi connectivity index (χ0) is 16.7. The van der Waals surface area contributed by atoms with Crippen molar-refractivity contribution in [2.75, 3.05) is 26.2 Å². The van der Waals surface area contributed by atoms with Crippen molar-refractivity contribution >= 4 is 18.3 Å². The molecule has 2 aliphatic heterocycles. The first-order chi connectivity index (χ1) is 11.6. The number of hydrogen-bond acceptors (Lipinski definition) is 3. The molecule has 4 rings (SSSR count). The molecule has 0 aliphatic carbocycles. The van der Waals surface area contributed by atoms with Crippen LogP contribution in [0.3, 0.4) is 0 Å². The molecule has 1 aromatic carbocycles. The maximum absolute atomic E-state index is 12.8. The molecule has 0 spiro atoms. The Bertz CT molecular complexity index is 761. The van der Waals surface area contributed by atoms with E-state index < -0.39 is 0 Å². The van der Waals surface area contributed by atoms with E-state index in [-0.39, 0.29) is 18.3 Å². The van der Waals surface area contributed by atoms with Gasteiger partial charge in [-0.3, -0.25) is 9.48 Å². The molecule has 2 aromatic rings. The van der Waals surface area contributed by atoms with Crippen molar-refractivity contribution in [2.45, 2.75) is 20.4 Å². The van der Waals surface area contributed by atoms with Crippen LogP contribution in [0.2, 0.25) is 0 Å². The third-order valence-electron chi connectivity index (χ3n) is 5.29. The van der Waals surface area contributed by atoms with Crippen LogP contribution in [0.1, 0.15) is 27.3 Å². The number of likely N-dealkylation sites (tertiary alicyclic amines) is 1. The van der Waals surface area contributed by atoms with E-state index in [1.807, 2.05) is 34.7 Å². The average Bonchev–Trinajstić information content (AvgIpc) is 3.22. The van der Waals surface area contributed by atoms with Gasteiger partial charge in [-0.15, -0.1) is 12.4 Å². The number of nitrogens with one attached hydrogen (secondary N) is 1. The van der Waals surface area contributed by atoms with Crippen LogP contribution in [0.5, 0.6) is 0 Å². The van der Waals surface area contributed by atoms with Gasteiger partial charge in [-0.2, -0.15) is 5.10 Å². The minimum atomic E-state index is 0. The number of hydrogen-bond donors (Lipinski definition) is 1. The lowest BCUT2D eigenvalue weighted by atomic mass is 10.0. The molecule has 1 amide bonds. The summed E-state index contributed by atoms with van der Waals surface area (Å²) >= 11 is 0. The van der Waals surface area contributed by atoms with Gasteiger partial charge in [0.05, 0.1) is 12.2 Å². The summed E-state index contributed by atoms with van der Waals surface area (Å²) in [6.45, 7) is 8.64. The number of nitrogens with zero attached hydrogens (tertiary/aromatic N) is 3. The average molecular weight is 361 g/mol. The molecular formula is C19H25ClN4O. The first kappa shape index (κ1) is 18.0. The third kappa shape index (κ3) is 3.58. The smallest absolute Gasteiger partial charge is 0.253 e. The highest BCUT2D eigenvalue weighted by molar-refractivity contribution is 5.94. The van der Waals surface area contributed by atoms with Gasteiger partial charge < -0.3 is 10.2 Å². The van der Waals surface area contributed by atoms with E-state index in [0.29, 0.717) is 18.4 Å². The second-order valence-electron chi connectivity index (χ2n) is 7.17. The number of carbonyl (C=O) groups is 1. The van der Waals surface area contributed by atoms with Crippen molar-refractivity contribution in [3.05, 3.63) is 52.8 Å². The van der Waals surface area contributed by atoms with E-state index in [1.54, 1.807) is 0 Å². The number of amides is 1. The molecule has 1 N–H and O–H groups in total. The fourth-order valence-corrected chi connectivity index (χ4v) is 4.01. The van der Waals surface area contributed by atoms with Crippen LogP contribution in [0.25, 0.3) is 0 Å². The molecule has 2 atom stereocenters. The largest absolute Gasteiger partial charge is 0.338 e. The number of fused-ring (bicyclic) bond motifs is 1. The topological polar surface area (TPSA) is 50.2 Å². The summed E-state index contributed by atoms with van der Waals surface area (Å²) in [7, 11) is 0. The highest BCUT2D eigenvalue weighted by atomic mass is 35.5. The predicted octanol–water partition coefficient (Wildman–Crippen LogP) is 2.26. The van der Waals surface area contributed by atoms with Gasteiger partial charge in [0.25, 0.3) is 5.91 Å². The van der Waals surface area contributed by atoms with Crippen LogP contribution in [0.15, 0.2) is 30.3 Å². The maximum atomic E-state index is 12.8. The Morgan fingerprint density at radius 3 is 2.56 bits per heavy atom. The predicted molar refractivity (Wildman–Crippen MR) is 100 cm³/mol. The third-order valence-corrected chi connectivity index (χ3v) is 5.29. The Balaban J connectivity index is 0.00000182. The lowest BCUT2D eigenvalue weighted by molar-refractivity contribution is 0.0781. The lowest BCUT2D eigenvalue weighted by Crippen LogP contribution is -2.31. The molecule has 0 bridgehead atoms. The minimum absolute atomic E-state index is 0. The number of aryl methyl sites for hydroxylation is 2. The number of benzene rings is 1. The summed E-state index contributed by atoms with van der Waals surface area (Å²) in [5.41, 5.74) is 4.08. The number of rotatable bonds is 3. The molecular weight excluding hydrogens is 336 g/mol. The van der Waals surface area contributed by atoms with E-state index in [4.69, 9.17) is 0 Å². The quantitative estimate of drug-likeness (QED) is 0.913. The Morgan fingerprint density at radius 1 is 1.20 bits per heavy atom. The normalized spacial score (nSPS) is 21.9. The molecule has 2 saturated heterocycles. The second kappa shape index (κ2) is 7.18. The van der Waals surface area contributed by atoms with Gasteiger partial charge >= 0.3 is 0 Å². The molecule has 0 saturated carbocycles. The maximum Gasteiger partial charge on any atom is 0.253 e. The van der Waals surface area contributed by atoms with E-state index in [2.05, 4.69) is 29.5 Å². The molecule has 0 radical (unpaired) electrons. The molecule has 2 aliphatic rings. The van der Waals surface area contributed by atoms with Crippen LogP contribution in [0.4, 0.5) is 0 Å². The molecule has 3 heterocycles. The fourth-order valence-electron chi connectivity index (χ4n) is 4.01. The van der Waals surface area contributed by atoms with E-state index in [9.17, 15) is 4.79 Å². The molecule has 1 aromatic heterocycles. The number of aromatic nitrogens is 2. The van der Waals surface area contributed by atoms with Crippen molar-refractivity contribution in [3.63, 3.8) is 0 Å². The molecule has 6 heteroatoms. The molecule has 25 heavy (non-hydrogen) atoms. The van der Waals surface area contributed by atoms with Gasteiger partial charge in [-0.25, -0.2) is 0 Å². The summed E-state index contributed by atoms with van der Waals surface area (Å²) in [4.78, 5) is 14.9. The summed E-state index contributed by atoms with van der Waals surface area (Å²) in [6.07, 6.45) is 0. The Morgan fingerprint density at radius 2 is 1.92 bits per heavy atom. The van der Waals surface area contributed by atoms with Crippen molar-refractivity contribution < 1.29 is 4.79 Å². The Hall–Kier alpha value is -1.85. The highest BCUT2D eigenvalue weighted by Gasteiger charge is 2.38. The number of halogens is 1. The van der Waals surface area contributed by atoms with Gasteiger partial charge in [0.15, 0.2) is 0 Å². The minimum Gasteiger partial charge on any atom is -0.338 e. The summed E-state index contributed by atoms with van der Waals surface area (Å²) < 4.78 is 1.99. The van der Waals surface area contributed by atoms with Crippen molar-refractivity contribution in [1.29, 1.82) is 0 Å². The zero-order valence-electron chi connectivity index (χ0n) is 14.7. The summed E-state index contributed by atoms with van der Waals surface area (Å²) in [5, 5.41) is 7.93. The van der Waals surface area contributed by atoms with Crippen LogP contribution in [-0.4, -0.2) is 46.8 Å². The molecule has 134 valence electrons. The van der Waals surface area contributed by atoms with E-state index in [0.717, 1.165) is 48.7 Å². The van der Waals surface area contributed by atoms with Crippen LogP contribution in [-0.2, 0) is 6.54 Å². The van der Waals surface area contributed by atoms with E-state index >= 15 is 0 Å². The Kier molecular flexibility index (Phi) is 5.16. The standard InChI is InChI=1S/C19H24N4O.ClH/c1-13-6-14(2)23(21-13)10-15-4-3-5-16(7-15)19(24)22-11-17-8-20-9-18(17)12-22;/h3-7,17-18,20H,8-12H2,1-2H3;1H/t17-,18+;. The monoisotopic (exact) mass is 360 g/mol. The molecule has 2 fully saturated rings. The van der Waals surface area contributed by atoms with Crippen LogP contribution >= 0.6 is 12.4 Å². The zero-order valence-corrected chi connectivity index (χ0v) is 15.6. The van der Waals surface area contributed by atoms with Gasteiger partial charge in [-0.05, 0) is 49.4 Å². The van der Waals surface area contributed by atoms with Crippen LogP contribution < -0.4 is 5.32 Å².